The molecule has 1 spiro atoms. The molecule has 0 saturated heterocycles. The topological polar surface area (TPSA) is 55.6 Å². The molecule has 5 rings (SSSR count). The SMILES string of the molecule is O=C1N(Cc2ccno2)c2ccccc2C12COc1ccccc12. The highest BCUT2D eigenvalue weighted by Crippen LogP contribution is 2.52. The van der Waals surface area contributed by atoms with Gasteiger partial charge in [0.15, 0.2) is 5.76 Å². The van der Waals surface area contributed by atoms with Gasteiger partial charge in [-0.3, -0.25) is 4.79 Å². The number of hydrogen-bond donors (Lipinski definition) is 0. The number of nitrogens with zero attached hydrogens (tertiary/aromatic N) is 2. The quantitative estimate of drug-likeness (QED) is 0.729. The Morgan fingerprint density at radius 1 is 1.04 bits per heavy atom. The van der Waals surface area contributed by atoms with E-state index in [-0.39, 0.29) is 5.91 Å². The summed E-state index contributed by atoms with van der Waals surface area (Å²) in [7, 11) is 0. The molecule has 0 N–H and O–H groups in total. The molecule has 1 atom stereocenters. The number of rotatable bonds is 2. The second-order valence-electron chi connectivity index (χ2n) is 6.08. The van der Waals surface area contributed by atoms with Gasteiger partial charge in [-0.15, -0.1) is 0 Å². The zero-order valence-corrected chi connectivity index (χ0v) is 12.8. The Labute approximate surface area is 138 Å². The first kappa shape index (κ1) is 13.4. The van der Waals surface area contributed by atoms with Gasteiger partial charge in [-0.2, -0.15) is 0 Å². The van der Waals surface area contributed by atoms with Crippen LogP contribution in [0.1, 0.15) is 16.9 Å². The van der Waals surface area contributed by atoms with Crippen molar-refractivity contribution in [1.82, 2.24) is 5.16 Å². The molecule has 5 nitrogen and oxygen atoms in total. The molecule has 0 radical (unpaired) electrons. The van der Waals surface area contributed by atoms with Crippen LogP contribution in [0.4, 0.5) is 5.69 Å². The van der Waals surface area contributed by atoms with Crippen LogP contribution in [0.5, 0.6) is 5.75 Å². The number of anilines is 1. The van der Waals surface area contributed by atoms with Crippen LogP contribution in [0.3, 0.4) is 0 Å². The van der Waals surface area contributed by atoms with E-state index in [1.54, 1.807) is 17.2 Å². The molecule has 1 amide bonds. The van der Waals surface area contributed by atoms with Crippen molar-refractivity contribution >= 4 is 11.6 Å². The van der Waals surface area contributed by atoms with Crippen LogP contribution in [-0.2, 0) is 16.8 Å². The maximum absolute atomic E-state index is 13.5. The Bertz CT molecular complexity index is 935. The lowest BCUT2D eigenvalue weighted by molar-refractivity contribution is -0.122. The average Bonchev–Trinajstić information content (AvgIpc) is 3.32. The number of ether oxygens (including phenoxy) is 1. The van der Waals surface area contributed by atoms with Crippen LogP contribution in [0.25, 0.3) is 0 Å². The predicted octanol–water partition coefficient (Wildman–Crippen LogP) is 2.90. The van der Waals surface area contributed by atoms with Crippen molar-refractivity contribution in [2.45, 2.75) is 12.0 Å². The molecule has 5 heteroatoms. The van der Waals surface area contributed by atoms with Gasteiger partial charge in [0.2, 0.25) is 5.91 Å². The average molecular weight is 318 g/mol. The van der Waals surface area contributed by atoms with Crippen LogP contribution >= 0.6 is 0 Å². The molecule has 0 saturated carbocycles. The van der Waals surface area contributed by atoms with Gasteiger partial charge in [0.25, 0.3) is 0 Å². The largest absolute Gasteiger partial charge is 0.491 e. The summed E-state index contributed by atoms with van der Waals surface area (Å²) in [5, 5.41) is 3.73. The van der Waals surface area contributed by atoms with Crippen LogP contribution in [0.2, 0.25) is 0 Å². The lowest BCUT2D eigenvalue weighted by atomic mass is 9.77. The number of carbonyl (C=O) groups is 1. The van der Waals surface area contributed by atoms with Gasteiger partial charge in [0, 0.05) is 17.3 Å². The first-order chi connectivity index (χ1) is 11.8. The third kappa shape index (κ3) is 1.58. The lowest BCUT2D eigenvalue weighted by Gasteiger charge is -2.22. The Morgan fingerprint density at radius 3 is 2.67 bits per heavy atom. The summed E-state index contributed by atoms with van der Waals surface area (Å²) in [5.41, 5.74) is 2.05. The molecule has 0 bridgehead atoms. The standard InChI is InChI=1S/C19H14N2O3/c22-18-19(12-23-17-8-4-2-6-15(17)19)14-5-1-3-7-16(14)21(18)11-13-9-10-20-24-13/h1-10H,11-12H2. The minimum absolute atomic E-state index is 0.0186. The predicted molar refractivity (Wildman–Crippen MR) is 86.9 cm³/mol. The number of aromatic nitrogens is 1. The van der Waals surface area contributed by atoms with E-state index >= 15 is 0 Å². The molecule has 3 heterocycles. The van der Waals surface area contributed by atoms with Crippen LogP contribution in [0, 0.1) is 0 Å². The molecule has 2 aromatic carbocycles. The van der Waals surface area contributed by atoms with E-state index in [1.807, 2.05) is 48.5 Å². The molecule has 24 heavy (non-hydrogen) atoms. The maximum Gasteiger partial charge on any atom is 0.246 e. The van der Waals surface area contributed by atoms with Gasteiger partial charge in [0.05, 0.1) is 12.7 Å². The molecule has 0 aliphatic carbocycles. The summed E-state index contributed by atoms with van der Waals surface area (Å²) < 4.78 is 11.1. The van der Waals surface area contributed by atoms with E-state index in [2.05, 4.69) is 5.16 Å². The monoisotopic (exact) mass is 318 g/mol. The van der Waals surface area contributed by atoms with Gasteiger partial charge in [0.1, 0.15) is 17.8 Å². The van der Waals surface area contributed by atoms with Gasteiger partial charge in [-0.1, -0.05) is 41.6 Å². The summed E-state index contributed by atoms with van der Waals surface area (Å²) in [6.45, 7) is 0.689. The van der Waals surface area contributed by atoms with Gasteiger partial charge in [-0.05, 0) is 17.7 Å². The second-order valence-corrected chi connectivity index (χ2v) is 6.08. The molecule has 2 aliphatic rings. The zero-order valence-electron chi connectivity index (χ0n) is 12.8. The summed E-state index contributed by atoms with van der Waals surface area (Å²) in [6.07, 6.45) is 1.59. The lowest BCUT2D eigenvalue weighted by Crippen LogP contribution is -2.42. The number of benzene rings is 2. The first-order valence-corrected chi connectivity index (χ1v) is 7.84. The number of amides is 1. The van der Waals surface area contributed by atoms with Gasteiger partial charge in [-0.25, -0.2) is 0 Å². The third-order valence-corrected chi connectivity index (χ3v) is 4.86. The molecule has 0 fully saturated rings. The normalized spacial score (nSPS) is 21.0. The molecular weight excluding hydrogens is 304 g/mol. The molecule has 1 aromatic heterocycles. The fourth-order valence-corrected chi connectivity index (χ4v) is 3.77. The van der Waals surface area contributed by atoms with Crippen molar-refractivity contribution in [3.8, 4) is 5.75 Å². The number of fused-ring (bicyclic) bond motifs is 4. The Balaban J connectivity index is 1.70. The highest BCUT2D eigenvalue weighted by atomic mass is 16.5. The highest BCUT2D eigenvalue weighted by Gasteiger charge is 2.56. The Kier molecular flexibility index (Phi) is 2.62. The number of para-hydroxylation sites is 2. The second kappa shape index (κ2) is 4.71. The minimum atomic E-state index is -0.771. The summed E-state index contributed by atoms with van der Waals surface area (Å²) in [4.78, 5) is 15.2. The highest BCUT2D eigenvalue weighted by molar-refractivity contribution is 6.11. The van der Waals surface area contributed by atoms with E-state index in [4.69, 9.17) is 9.26 Å². The Hall–Kier alpha value is -3.08. The van der Waals surface area contributed by atoms with Crippen molar-refractivity contribution in [3.63, 3.8) is 0 Å². The first-order valence-electron chi connectivity index (χ1n) is 7.84. The number of carbonyl (C=O) groups excluding carboxylic acids is 1. The van der Waals surface area contributed by atoms with Crippen molar-refractivity contribution in [1.29, 1.82) is 0 Å². The van der Waals surface area contributed by atoms with Crippen LogP contribution < -0.4 is 9.64 Å². The molecular formula is C19H14N2O3. The maximum atomic E-state index is 13.5. The summed E-state index contributed by atoms with van der Waals surface area (Å²) >= 11 is 0. The van der Waals surface area contributed by atoms with E-state index in [0.29, 0.717) is 18.9 Å². The van der Waals surface area contributed by atoms with Crippen molar-refractivity contribution < 1.29 is 14.1 Å². The smallest absolute Gasteiger partial charge is 0.246 e. The number of hydrogen-bond acceptors (Lipinski definition) is 4. The van der Waals surface area contributed by atoms with Crippen LogP contribution in [0.15, 0.2) is 65.3 Å². The van der Waals surface area contributed by atoms with Crippen molar-refractivity contribution in [2.24, 2.45) is 0 Å². The summed E-state index contributed by atoms with van der Waals surface area (Å²) in [6, 6.07) is 17.4. The fourth-order valence-electron chi connectivity index (χ4n) is 3.77. The molecule has 2 aliphatic heterocycles. The van der Waals surface area contributed by atoms with Gasteiger partial charge < -0.3 is 14.2 Å². The van der Waals surface area contributed by atoms with Crippen LogP contribution in [-0.4, -0.2) is 17.7 Å². The Morgan fingerprint density at radius 2 is 1.83 bits per heavy atom. The third-order valence-electron chi connectivity index (χ3n) is 4.86. The van der Waals surface area contributed by atoms with Crippen molar-refractivity contribution in [3.05, 3.63) is 77.7 Å². The van der Waals surface area contributed by atoms with E-state index in [1.165, 1.54) is 0 Å². The van der Waals surface area contributed by atoms with E-state index in [9.17, 15) is 4.79 Å². The van der Waals surface area contributed by atoms with Crippen molar-refractivity contribution in [2.75, 3.05) is 11.5 Å². The van der Waals surface area contributed by atoms with E-state index in [0.717, 1.165) is 22.6 Å². The molecule has 3 aromatic rings. The fraction of sp³-hybridized carbons (Fsp3) is 0.158. The van der Waals surface area contributed by atoms with E-state index < -0.39 is 5.41 Å². The zero-order chi connectivity index (χ0) is 16.1. The summed E-state index contributed by atoms with van der Waals surface area (Å²) in [5.74, 6) is 1.45. The minimum Gasteiger partial charge on any atom is -0.491 e. The van der Waals surface area contributed by atoms with Gasteiger partial charge >= 0.3 is 0 Å². The molecule has 118 valence electrons. The molecule has 1 unspecified atom stereocenters.